The number of benzene rings is 2. The van der Waals surface area contributed by atoms with Gasteiger partial charge in [-0.2, -0.15) is 4.98 Å². The highest BCUT2D eigenvalue weighted by Crippen LogP contribution is 2.24. The minimum absolute atomic E-state index is 0.225. The summed E-state index contributed by atoms with van der Waals surface area (Å²) < 4.78 is 43.2. The van der Waals surface area contributed by atoms with Crippen molar-refractivity contribution in [1.82, 2.24) is 9.88 Å². The maximum atomic E-state index is 13.2. The number of hydrogen-bond donors (Lipinski definition) is 1. The molecule has 0 unspecified atom stereocenters. The van der Waals surface area contributed by atoms with E-state index in [0.717, 1.165) is 55.7 Å². The molecule has 4 rings (SSSR count). The quantitative estimate of drug-likeness (QED) is 0.271. The van der Waals surface area contributed by atoms with E-state index >= 15 is 0 Å². The van der Waals surface area contributed by atoms with Crippen molar-refractivity contribution in [2.45, 2.75) is 64.9 Å². The Morgan fingerprint density at radius 3 is 2.63 bits per heavy atom. The third-order valence-electron chi connectivity index (χ3n) is 6.40. The van der Waals surface area contributed by atoms with E-state index in [0.29, 0.717) is 38.2 Å². The Balaban J connectivity index is 1.15. The first-order valence-corrected chi connectivity index (χ1v) is 13.3. The Hall–Kier alpha value is -3.36. The molecule has 1 aromatic heterocycles. The fourth-order valence-electron chi connectivity index (χ4n) is 4.51. The van der Waals surface area contributed by atoms with Crippen LogP contribution < -0.4 is 10.1 Å². The zero-order valence-corrected chi connectivity index (χ0v) is 22.4. The highest BCUT2D eigenvalue weighted by Gasteiger charge is 2.29. The number of fused-ring (bicyclic) bond motifs is 1. The van der Waals surface area contributed by atoms with Gasteiger partial charge in [0.2, 0.25) is 0 Å². The molecule has 2 aromatic carbocycles. The molecule has 0 spiro atoms. The number of hydrogen-bond acceptors (Lipinski definition) is 6. The molecular weight excluding hydrogens is 492 g/mol. The minimum atomic E-state index is -0.632. The molecule has 1 aliphatic rings. The van der Waals surface area contributed by atoms with E-state index in [9.17, 15) is 13.6 Å². The highest BCUT2D eigenvalue weighted by atomic mass is 19.1. The van der Waals surface area contributed by atoms with Crippen LogP contribution in [0.15, 0.2) is 40.8 Å². The highest BCUT2D eigenvalue weighted by molar-refractivity contribution is 5.75. The van der Waals surface area contributed by atoms with Crippen LogP contribution in [0.25, 0.3) is 11.1 Å². The summed E-state index contributed by atoms with van der Waals surface area (Å²) >= 11 is 0. The van der Waals surface area contributed by atoms with Gasteiger partial charge in [-0.3, -0.25) is 0 Å². The summed E-state index contributed by atoms with van der Waals surface area (Å²) in [5.41, 5.74) is 2.26. The van der Waals surface area contributed by atoms with E-state index < -0.39 is 17.2 Å². The zero-order chi connectivity index (χ0) is 27.1. The second kappa shape index (κ2) is 12.5. The number of nitrogens with one attached hydrogen (secondary N) is 1. The van der Waals surface area contributed by atoms with Gasteiger partial charge in [-0.15, -0.1) is 0 Å². The van der Waals surface area contributed by atoms with Gasteiger partial charge < -0.3 is 24.1 Å². The second-order valence-corrected chi connectivity index (χ2v) is 10.9. The van der Waals surface area contributed by atoms with Gasteiger partial charge in [0, 0.05) is 37.8 Å². The molecule has 1 atom stereocenters. The van der Waals surface area contributed by atoms with E-state index in [1.165, 1.54) is 17.7 Å². The number of rotatable bonds is 11. The number of carbonyl (C=O) groups is 1. The van der Waals surface area contributed by atoms with Gasteiger partial charge in [0.05, 0.1) is 6.61 Å². The molecule has 38 heavy (non-hydrogen) atoms. The molecule has 1 saturated heterocycles. The summed E-state index contributed by atoms with van der Waals surface area (Å²) in [6.07, 6.45) is 5.43. The van der Waals surface area contributed by atoms with Crippen LogP contribution in [-0.2, 0) is 11.2 Å². The van der Waals surface area contributed by atoms with Crippen molar-refractivity contribution >= 4 is 23.2 Å². The van der Waals surface area contributed by atoms with Crippen molar-refractivity contribution in [2.24, 2.45) is 5.92 Å². The third kappa shape index (κ3) is 8.33. The fourth-order valence-corrected chi connectivity index (χ4v) is 4.51. The fraction of sp³-hybridized carbons (Fsp3) is 0.517. The first-order valence-electron chi connectivity index (χ1n) is 13.3. The number of aromatic nitrogens is 1. The van der Waals surface area contributed by atoms with E-state index in [-0.39, 0.29) is 11.8 Å². The third-order valence-corrected chi connectivity index (χ3v) is 6.40. The number of carbonyl (C=O) groups excluding carboxylic acids is 1. The van der Waals surface area contributed by atoms with Crippen LogP contribution in [0, 0.1) is 17.6 Å². The smallest absolute Gasteiger partial charge is 0.410 e. The summed E-state index contributed by atoms with van der Waals surface area (Å²) in [6, 6.07) is 9.80. The van der Waals surface area contributed by atoms with Crippen LogP contribution in [0.1, 0.15) is 58.4 Å². The summed E-state index contributed by atoms with van der Waals surface area (Å²) in [7, 11) is 0. The average Bonchev–Trinajstić information content (AvgIpc) is 3.47. The van der Waals surface area contributed by atoms with Crippen LogP contribution in [0.3, 0.4) is 0 Å². The van der Waals surface area contributed by atoms with Gasteiger partial charge in [-0.05, 0) is 70.1 Å². The predicted octanol–water partition coefficient (Wildman–Crippen LogP) is 6.96. The maximum Gasteiger partial charge on any atom is 0.410 e. The van der Waals surface area contributed by atoms with E-state index in [1.54, 1.807) is 4.90 Å². The average molecular weight is 530 g/mol. The van der Waals surface area contributed by atoms with Crippen LogP contribution in [0.5, 0.6) is 5.75 Å². The summed E-state index contributed by atoms with van der Waals surface area (Å²) in [6.45, 7) is 8.08. The summed E-state index contributed by atoms with van der Waals surface area (Å²) in [5.74, 6) is -0.726. The zero-order valence-electron chi connectivity index (χ0n) is 22.4. The number of halogens is 2. The van der Waals surface area contributed by atoms with Crippen LogP contribution in [-0.4, -0.2) is 47.8 Å². The number of unbranched alkanes of at least 4 members (excludes halogenated alkanes) is 3. The molecule has 206 valence electrons. The lowest BCUT2D eigenvalue weighted by Gasteiger charge is -2.24. The first-order chi connectivity index (χ1) is 18.1. The number of oxazole rings is 1. The van der Waals surface area contributed by atoms with Crippen molar-refractivity contribution in [2.75, 3.05) is 31.6 Å². The van der Waals surface area contributed by atoms with Crippen molar-refractivity contribution in [3.05, 3.63) is 53.6 Å². The molecule has 0 radical (unpaired) electrons. The van der Waals surface area contributed by atoms with Crippen molar-refractivity contribution < 1.29 is 27.5 Å². The molecule has 3 aromatic rings. The number of anilines is 1. The van der Waals surface area contributed by atoms with Crippen LogP contribution in [0.4, 0.5) is 19.6 Å². The number of amides is 1. The molecule has 0 saturated carbocycles. The van der Waals surface area contributed by atoms with E-state index in [4.69, 9.17) is 13.9 Å². The normalized spacial score (nSPS) is 15.7. The monoisotopic (exact) mass is 529 g/mol. The molecule has 1 fully saturated rings. The Bertz CT molecular complexity index is 1200. The predicted molar refractivity (Wildman–Crippen MR) is 142 cm³/mol. The topological polar surface area (TPSA) is 76.8 Å². The second-order valence-electron chi connectivity index (χ2n) is 10.9. The number of aryl methyl sites for hydroxylation is 1. The Morgan fingerprint density at radius 1 is 1.11 bits per heavy atom. The Morgan fingerprint density at radius 2 is 1.87 bits per heavy atom. The van der Waals surface area contributed by atoms with E-state index in [2.05, 4.69) is 16.4 Å². The number of ether oxygens (including phenoxy) is 2. The van der Waals surface area contributed by atoms with Gasteiger partial charge >= 0.3 is 6.09 Å². The molecule has 1 amide bonds. The molecule has 1 aliphatic heterocycles. The first kappa shape index (κ1) is 27.7. The minimum Gasteiger partial charge on any atom is -0.493 e. The maximum absolute atomic E-state index is 13.2. The van der Waals surface area contributed by atoms with Crippen molar-refractivity contribution in [1.29, 1.82) is 0 Å². The standard InChI is InChI=1S/C29H37F2N3O4/c1-29(2,3)38-28(35)34-12-11-21(19-34)18-32-27-33-25-10-9-20(14-26(25)37-27)8-6-4-5-7-13-36-24-16-22(30)15-23(31)17-24/h9-10,14-17,21H,4-8,11-13,18-19H2,1-3H3,(H,32,33)/t21-/m1/s1. The van der Waals surface area contributed by atoms with Crippen molar-refractivity contribution in [3.63, 3.8) is 0 Å². The van der Waals surface area contributed by atoms with Gasteiger partial charge in [0.15, 0.2) is 5.58 Å². The van der Waals surface area contributed by atoms with Gasteiger partial charge in [0.25, 0.3) is 6.01 Å². The van der Waals surface area contributed by atoms with Crippen LogP contribution >= 0.6 is 0 Å². The molecule has 9 heteroatoms. The molecule has 2 heterocycles. The molecule has 1 N–H and O–H groups in total. The van der Waals surface area contributed by atoms with Gasteiger partial charge in [-0.1, -0.05) is 18.9 Å². The Labute approximate surface area is 222 Å². The van der Waals surface area contributed by atoms with Crippen LogP contribution in [0.2, 0.25) is 0 Å². The lowest BCUT2D eigenvalue weighted by atomic mass is 10.1. The lowest BCUT2D eigenvalue weighted by Crippen LogP contribution is -2.35. The summed E-state index contributed by atoms with van der Waals surface area (Å²) in [4.78, 5) is 18.6. The SMILES string of the molecule is CC(C)(C)OC(=O)N1CC[C@H](CNc2nc3ccc(CCCCCCOc4cc(F)cc(F)c4)cc3o2)C1. The Kier molecular flexibility index (Phi) is 9.07. The molecular formula is C29H37F2N3O4. The lowest BCUT2D eigenvalue weighted by molar-refractivity contribution is 0.0289. The van der Waals surface area contributed by atoms with Crippen molar-refractivity contribution in [3.8, 4) is 5.75 Å². The molecule has 7 nitrogen and oxygen atoms in total. The summed E-state index contributed by atoms with van der Waals surface area (Å²) in [5, 5.41) is 3.28. The van der Waals surface area contributed by atoms with Gasteiger partial charge in [-0.25, -0.2) is 13.6 Å². The largest absolute Gasteiger partial charge is 0.493 e. The number of likely N-dealkylation sites (tertiary alicyclic amines) is 1. The number of nitrogens with zero attached hydrogens (tertiary/aromatic N) is 2. The molecule has 0 aliphatic carbocycles. The van der Waals surface area contributed by atoms with E-state index in [1.807, 2.05) is 32.9 Å². The van der Waals surface area contributed by atoms with Gasteiger partial charge in [0.1, 0.15) is 28.5 Å². The molecule has 0 bridgehead atoms.